The lowest BCUT2D eigenvalue weighted by molar-refractivity contribution is 0.0703. The minimum absolute atomic E-state index is 0.137. The van der Waals surface area contributed by atoms with Gasteiger partial charge in [-0.15, -0.1) is 0 Å². The smallest absolute Gasteiger partial charge is 0.261 e. The van der Waals surface area contributed by atoms with Crippen LogP contribution in [0.25, 0.3) is 0 Å². The van der Waals surface area contributed by atoms with Gasteiger partial charge < -0.3 is 4.90 Å². The average molecular weight is 352 g/mol. The third-order valence-electron chi connectivity index (χ3n) is 4.18. The van der Waals surface area contributed by atoms with Gasteiger partial charge in [0.2, 0.25) is 0 Å². The molecule has 2 bridgehead atoms. The molecule has 4 nitrogen and oxygen atoms in total. The molecule has 114 valence electrons. The molecule has 0 aromatic heterocycles. The average Bonchev–Trinajstić information content (AvgIpc) is 3.02. The lowest BCUT2D eigenvalue weighted by Gasteiger charge is -2.27. The van der Waals surface area contributed by atoms with Gasteiger partial charge in [0, 0.05) is 23.3 Å². The van der Waals surface area contributed by atoms with E-state index >= 15 is 0 Å². The van der Waals surface area contributed by atoms with Crippen molar-refractivity contribution >= 4 is 37.2 Å². The van der Waals surface area contributed by atoms with Gasteiger partial charge in [0.1, 0.15) is 5.82 Å². The first kappa shape index (κ1) is 15.1. The molecule has 21 heavy (non-hydrogen) atoms. The van der Waals surface area contributed by atoms with Crippen LogP contribution in [0, 0.1) is 11.7 Å². The third kappa shape index (κ3) is 2.64. The summed E-state index contributed by atoms with van der Waals surface area (Å²) in [6, 6.07) is 1.90. The number of rotatable bonds is 2. The maximum Gasteiger partial charge on any atom is 0.261 e. The zero-order valence-corrected chi connectivity index (χ0v) is 13.2. The summed E-state index contributed by atoms with van der Waals surface area (Å²) in [4.78, 5) is 13.7. The lowest BCUT2D eigenvalue weighted by Crippen LogP contribution is -2.37. The second kappa shape index (κ2) is 5.11. The zero-order valence-electron chi connectivity index (χ0n) is 10.9. The topological polar surface area (TPSA) is 54.5 Å². The molecule has 1 heterocycles. The second-order valence-electron chi connectivity index (χ2n) is 5.49. The first-order valence-electron chi connectivity index (χ1n) is 6.52. The highest BCUT2D eigenvalue weighted by molar-refractivity contribution is 8.13. The summed E-state index contributed by atoms with van der Waals surface area (Å²) in [5.41, 5.74) is -0.150. The summed E-state index contributed by atoms with van der Waals surface area (Å²) in [6.45, 7) is 0.610. The fourth-order valence-corrected chi connectivity index (χ4v) is 4.15. The molecule has 1 aliphatic carbocycles. The van der Waals surface area contributed by atoms with Crippen molar-refractivity contribution in [1.29, 1.82) is 0 Å². The van der Waals surface area contributed by atoms with Crippen LogP contribution in [0.3, 0.4) is 0 Å². The molecule has 2 unspecified atom stereocenters. The molecule has 1 saturated heterocycles. The van der Waals surface area contributed by atoms with Gasteiger partial charge >= 0.3 is 0 Å². The maximum atomic E-state index is 13.8. The van der Waals surface area contributed by atoms with E-state index in [9.17, 15) is 17.6 Å². The zero-order chi connectivity index (χ0) is 15.4. The summed E-state index contributed by atoms with van der Waals surface area (Å²) in [5.74, 6) is -0.929. The monoisotopic (exact) mass is 351 g/mol. The molecule has 1 amide bonds. The number of hydrogen-bond donors (Lipinski definition) is 0. The van der Waals surface area contributed by atoms with Gasteiger partial charge in [-0.3, -0.25) is 4.79 Å². The van der Waals surface area contributed by atoms with Gasteiger partial charge in [-0.25, -0.2) is 12.8 Å². The van der Waals surface area contributed by atoms with Crippen molar-refractivity contribution in [1.82, 2.24) is 4.90 Å². The molecule has 0 radical (unpaired) electrons. The molecular formula is C13H12Cl2FNO3S. The van der Waals surface area contributed by atoms with Crippen molar-refractivity contribution < 1.29 is 17.6 Å². The second-order valence-corrected chi connectivity index (χ2v) is 8.44. The minimum Gasteiger partial charge on any atom is -0.335 e. The largest absolute Gasteiger partial charge is 0.335 e. The van der Waals surface area contributed by atoms with Gasteiger partial charge in [-0.2, -0.15) is 0 Å². The highest BCUT2D eigenvalue weighted by Gasteiger charge is 2.41. The van der Waals surface area contributed by atoms with E-state index < -0.39 is 25.7 Å². The van der Waals surface area contributed by atoms with Gasteiger partial charge in [0.25, 0.3) is 15.0 Å². The van der Waals surface area contributed by atoms with Crippen LogP contribution in [0.1, 0.15) is 29.6 Å². The van der Waals surface area contributed by atoms with E-state index in [-0.39, 0.29) is 16.6 Å². The first-order valence-corrected chi connectivity index (χ1v) is 9.21. The van der Waals surface area contributed by atoms with E-state index in [1.54, 1.807) is 4.90 Å². The van der Waals surface area contributed by atoms with E-state index in [0.717, 1.165) is 31.4 Å². The summed E-state index contributed by atoms with van der Waals surface area (Å²) in [6.07, 6.45) is 2.95. The van der Waals surface area contributed by atoms with E-state index in [0.29, 0.717) is 12.5 Å². The maximum absolute atomic E-state index is 13.8. The molecular weight excluding hydrogens is 340 g/mol. The van der Waals surface area contributed by atoms with Crippen LogP contribution in [0.15, 0.2) is 17.0 Å². The van der Waals surface area contributed by atoms with Crippen LogP contribution in [0.5, 0.6) is 0 Å². The number of benzene rings is 1. The van der Waals surface area contributed by atoms with Gasteiger partial charge in [0.15, 0.2) is 0 Å². The Hall–Kier alpha value is -0.850. The summed E-state index contributed by atoms with van der Waals surface area (Å²) in [5, 5.41) is -0.369. The number of carbonyl (C=O) groups is 1. The number of hydrogen-bond acceptors (Lipinski definition) is 3. The van der Waals surface area contributed by atoms with Gasteiger partial charge in [-0.05, 0) is 37.3 Å². The lowest BCUT2D eigenvalue weighted by atomic mass is 10.1. The predicted octanol–water partition coefficient (Wildman–Crippen LogP) is 3.03. The molecule has 1 aliphatic heterocycles. The number of carbonyl (C=O) groups excluding carboxylic acids is 1. The molecule has 3 rings (SSSR count). The highest BCUT2D eigenvalue weighted by Crippen LogP contribution is 2.39. The number of piperidine rings is 1. The van der Waals surface area contributed by atoms with Crippen molar-refractivity contribution in [3.8, 4) is 0 Å². The predicted molar refractivity (Wildman–Crippen MR) is 76.6 cm³/mol. The number of halogens is 3. The van der Waals surface area contributed by atoms with Crippen LogP contribution in [-0.4, -0.2) is 31.8 Å². The Labute approximate surface area is 131 Å². The van der Waals surface area contributed by atoms with E-state index in [1.165, 1.54) is 0 Å². The van der Waals surface area contributed by atoms with Crippen LogP contribution >= 0.6 is 22.3 Å². The molecule has 2 atom stereocenters. The van der Waals surface area contributed by atoms with Crippen molar-refractivity contribution in [3.05, 3.63) is 28.5 Å². The Kier molecular flexibility index (Phi) is 3.66. The van der Waals surface area contributed by atoms with Crippen LogP contribution in [0.2, 0.25) is 5.02 Å². The molecule has 1 aromatic carbocycles. The van der Waals surface area contributed by atoms with Crippen LogP contribution in [0.4, 0.5) is 4.39 Å². The SMILES string of the molecule is O=C(c1cc(S(=O)(=O)Cl)cc(F)c1Cl)N1CC2CCC1C2. The Morgan fingerprint density at radius 3 is 2.57 bits per heavy atom. The Morgan fingerprint density at radius 2 is 2.05 bits per heavy atom. The summed E-state index contributed by atoms with van der Waals surface area (Å²) < 4.78 is 36.5. The van der Waals surface area contributed by atoms with Crippen molar-refractivity contribution in [2.45, 2.75) is 30.2 Å². The van der Waals surface area contributed by atoms with Crippen LogP contribution < -0.4 is 0 Å². The Balaban J connectivity index is 2.01. The minimum atomic E-state index is -4.13. The fourth-order valence-electron chi connectivity index (χ4n) is 3.19. The Morgan fingerprint density at radius 1 is 1.33 bits per heavy atom. The quantitative estimate of drug-likeness (QED) is 0.769. The van der Waals surface area contributed by atoms with Gasteiger partial charge in [0.05, 0.1) is 15.5 Å². The molecule has 2 aliphatic rings. The van der Waals surface area contributed by atoms with Crippen molar-refractivity contribution in [3.63, 3.8) is 0 Å². The van der Waals surface area contributed by atoms with E-state index in [4.69, 9.17) is 22.3 Å². The van der Waals surface area contributed by atoms with Crippen molar-refractivity contribution in [2.24, 2.45) is 5.92 Å². The van der Waals surface area contributed by atoms with Crippen molar-refractivity contribution in [2.75, 3.05) is 6.54 Å². The highest BCUT2D eigenvalue weighted by atomic mass is 35.7. The Bertz CT molecular complexity index is 722. The third-order valence-corrected chi connectivity index (χ3v) is 5.90. The molecule has 0 N–H and O–H groups in total. The van der Waals surface area contributed by atoms with Gasteiger partial charge in [-0.1, -0.05) is 11.6 Å². The standard InChI is InChI=1S/C13H12Cl2FNO3S/c14-12-10(4-9(5-11(12)16)21(15,19)20)13(18)17-6-7-1-2-8(17)3-7/h4-5,7-8H,1-3,6H2. The number of fused-ring (bicyclic) bond motifs is 2. The molecule has 1 saturated carbocycles. The molecule has 1 aromatic rings. The number of likely N-dealkylation sites (tertiary alicyclic amines) is 1. The summed E-state index contributed by atoms with van der Waals surface area (Å²) >= 11 is 5.83. The molecule has 0 spiro atoms. The fraction of sp³-hybridized carbons (Fsp3) is 0.462. The molecule has 8 heteroatoms. The number of nitrogens with zero attached hydrogens (tertiary/aromatic N) is 1. The van der Waals surface area contributed by atoms with E-state index in [1.807, 2.05) is 0 Å². The summed E-state index contributed by atoms with van der Waals surface area (Å²) in [7, 11) is 1.09. The number of amides is 1. The van der Waals surface area contributed by atoms with E-state index in [2.05, 4.69) is 0 Å². The molecule has 2 fully saturated rings. The van der Waals surface area contributed by atoms with Crippen LogP contribution in [-0.2, 0) is 9.05 Å². The normalized spacial score (nSPS) is 24.6. The first-order chi connectivity index (χ1) is 9.77.